The van der Waals surface area contributed by atoms with Gasteiger partial charge >= 0.3 is 6.09 Å². The molecule has 1 aliphatic heterocycles. The van der Waals surface area contributed by atoms with Gasteiger partial charge in [0.15, 0.2) is 0 Å². The van der Waals surface area contributed by atoms with Gasteiger partial charge in [-0.25, -0.2) is 4.79 Å². The standard InChI is InChI=1S/C24H29N3O2/c1-24(2,3)29-23(28)27-20(15-16-9-5-4-6-10-16)22-21-18(13-14-25-22)17-11-7-8-12-19(17)26-21/h4-12,20,22,25-26H,13-15H2,1-3H3,(H,27,28)/t20-,22?/m0/s1. The van der Waals surface area contributed by atoms with Gasteiger partial charge in [-0.05, 0) is 57.4 Å². The van der Waals surface area contributed by atoms with E-state index in [4.69, 9.17) is 4.74 Å². The molecule has 5 heteroatoms. The first-order valence-corrected chi connectivity index (χ1v) is 10.3. The molecule has 0 saturated carbocycles. The zero-order valence-electron chi connectivity index (χ0n) is 17.3. The third kappa shape index (κ3) is 4.46. The molecule has 0 saturated heterocycles. The van der Waals surface area contributed by atoms with E-state index in [1.54, 1.807) is 0 Å². The van der Waals surface area contributed by atoms with Gasteiger partial charge in [-0.1, -0.05) is 48.5 Å². The normalized spacial score (nSPS) is 17.6. The molecule has 0 fully saturated rings. The van der Waals surface area contributed by atoms with Crippen LogP contribution in [-0.4, -0.2) is 29.3 Å². The number of benzene rings is 2. The number of aromatic nitrogens is 1. The second kappa shape index (κ2) is 7.91. The summed E-state index contributed by atoms with van der Waals surface area (Å²) in [6, 6.07) is 18.5. The molecule has 2 heterocycles. The Kier molecular flexibility index (Phi) is 5.33. The fourth-order valence-electron chi connectivity index (χ4n) is 4.13. The molecule has 0 radical (unpaired) electrons. The molecule has 1 aromatic heterocycles. The van der Waals surface area contributed by atoms with E-state index in [2.05, 4.69) is 45.9 Å². The second-order valence-corrected chi connectivity index (χ2v) is 8.69. The number of nitrogens with one attached hydrogen (secondary N) is 3. The number of H-pyrrole nitrogens is 1. The van der Waals surface area contributed by atoms with Gasteiger partial charge in [-0.3, -0.25) is 0 Å². The smallest absolute Gasteiger partial charge is 0.407 e. The summed E-state index contributed by atoms with van der Waals surface area (Å²) in [4.78, 5) is 16.2. The van der Waals surface area contributed by atoms with Gasteiger partial charge in [0.1, 0.15) is 5.60 Å². The van der Waals surface area contributed by atoms with Crippen molar-refractivity contribution in [3.63, 3.8) is 0 Å². The SMILES string of the molecule is CC(C)(C)OC(=O)N[C@@H](Cc1ccccc1)C1NCCc2c1[nH]c1ccccc21. The van der Waals surface area contributed by atoms with Crippen LogP contribution in [0.4, 0.5) is 4.79 Å². The molecular formula is C24H29N3O2. The minimum absolute atomic E-state index is 0.0149. The lowest BCUT2D eigenvalue weighted by atomic mass is 9.91. The van der Waals surface area contributed by atoms with Crippen LogP contribution in [0.15, 0.2) is 54.6 Å². The number of carbonyl (C=O) groups excluding carboxylic acids is 1. The predicted molar refractivity (Wildman–Crippen MR) is 116 cm³/mol. The molecule has 2 aromatic carbocycles. The van der Waals surface area contributed by atoms with Crippen LogP contribution in [0.2, 0.25) is 0 Å². The summed E-state index contributed by atoms with van der Waals surface area (Å²) in [7, 11) is 0. The molecule has 3 aromatic rings. The van der Waals surface area contributed by atoms with Crippen LogP contribution >= 0.6 is 0 Å². The number of alkyl carbamates (subject to hydrolysis) is 1. The summed E-state index contributed by atoms with van der Waals surface area (Å²) < 4.78 is 5.56. The van der Waals surface area contributed by atoms with Crippen molar-refractivity contribution in [2.75, 3.05) is 6.54 Å². The number of fused-ring (bicyclic) bond motifs is 3. The molecule has 1 amide bonds. The lowest BCUT2D eigenvalue weighted by Gasteiger charge is -2.33. The van der Waals surface area contributed by atoms with Gasteiger partial charge in [-0.2, -0.15) is 0 Å². The average molecular weight is 392 g/mol. The summed E-state index contributed by atoms with van der Waals surface area (Å²) in [6.45, 7) is 6.52. The van der Waals surface area contributed by atoms with Crippen LogP contribution in [0, 0.1) is 0 Å². The molecule has 1 aliphatic rings. The monoisotopic (exact) mass is 391 g/mol. The Hall–Kier alpha value is -2.79. The highest BCUT2D eigenvalue weighted by atomic mass is 16.6. The van der Waals surface area contributed by atoms with Crippen molar-refractivity contribution in [1.29, 1.82) is 0 Å². The van der Waals surface area contributed by atoms with Gasteiger partial charge in [0.05, 0.1) is 12.1 Å². The Labute approximate surface area is 171 Å². The van der Waals surface area contributed by atoms with Crippen molar-refractivity contribution >= 4 is 17.0 Å². The Bertz CT molecular complexity index is 988. The molecule has 3 N–H and O–H groups in total. The van der Waals surface area contributed by atoms with E-state index in [9.17, 15) is 4.79 Å². The van der Waals surface area contributed by atoms with E-state index < -0.39 is 5.60 Å². The first kappa shape index (κ1) is 19.5. The van der Waals surface area contributed by atoms with Crippen molar-refractivity contribution < 1.29 is 9.53 Å². The van der Waals surface area contributed by atoms with Gasteiger partial charge < -0.3 is 20.4 Å². The minimum Gasteiger partial charge on any atom is -0.444 e. The number of para-hydroxylation sites is 1. The molecule has 0 aliphatic carbocycles. The highest BCUT2D eigenvalue weighted by Gasteiger charge is 2.32. The third-order valence-corrected chi connectivity index (χ3v) is 5.30. The predicted octanol–water partition coefficient (Wildman–Crippen LogP) is 4.49. The number of hydrogen-bond donors (Lipinski definition) is 3. The Morgan fingerprint density at radius 2 is 1.86 bits per heavy atom. The summed E-state index contributed by atoms with van der Waals surface area (Å²) in [5, 5.41) is 8.02. The Balaban J connectivity index is 1.67. The van der Waals surface area contributed by atoms with Crippen molar-refractivity contribution in [3.05, 3.63) is 71.4 Å². The van der Waals surface area contributed by atoms with Gasteiger partial charge in [0.2, 0.25) is 0 Å². The largest absolute Gasteiger partial charge is 0.444 e. The van der Waals surface area contributed by atoms with Crippen molar-refractivity contribution in [3.8, 4) is 0 Å². The van der Waals surface area contributed by atoms with Crippen molar-refractivity contribution in [2.45, 2.75) is 51.3 Å². The maximum atomic E-state index is 12.6. The third-order valence-electron chi connectivity index (χ3n) is 5.30. The number of rotatable bonds is 4. The van der Waals surface area contributed by atoms with Crippen molar-refractivity contribution in [2.24, 2.45) is 0 Å². The van der Waals surface area contributed by atoms with Gasteiger partial charge in [0.25, 0.3) is 0 Å². The lowest BCUT2D eigenvalue weighted by Crippen LogP contribution is -2.49. The molecule has 0 bridgehead atoms. The van der Waals surface area contributed by atoms with E-state index in [1.165, 1.54) is 16.5 Å². The molecule has 2 atom stereocenters. The van der Waals surface area contributed by atoms with Gasteiger partial charge in [0, 0.05) is 16.6 Å². The molecular weight excluding hydrogens is 362 g/mol. The highest BCUT2D eigenvalue weighted by Crippen LogP contribution is 2.32. The number of hydrogen-bond acceptors (Lipinski definition) is 3. The van der Waals surface area contributed by atoms with E-state index in [-0.39, 0.29) is 18.2 Å². The zero-order valence-corrected chi connectivity index (χ0v) is 17.3. The van der Waals surface area contributed by atoms with Crippen molar-refractivity contribution in [1.82, 2.24) is 15.6 Å². The first-order valence-electron chi connectivity index (χ1n) is 10.3. The van der Waals surface area contributed by atoms with Crippen LogP contribution < -0.4 is 10.6 Å². The maximum Gasteiger partial charge on any atom is 0.407 e. The molecule has 29 heavy (non-hydrogen) atoms. The van der Waals surface area contributed by atoms with Crippen LogP contribution in [0.5, 0.6) is 0 Å². The minimum atomic E-state index is -0.534. The lowest BCUT2D eigenvalue weighted by molar-refractivity contribution is 0.0491. The first-order chi connectivity index (χ1) is 13.9. The van der Waals surface area contributed by atoms with Crippen LogP contribution in [0.25, 0.3) is 10.9 Å². The average Bonchev–Trinajstić information content (AvgIpc) is 3.05. The quantitative estimate of drug-likeness (QED) is 0.614. The van der Waals surface area contributed by atoms with E-state index in [1.807, 2.05) is 45.0 Å². The highest BCUT2D eigenvalue weighted by molar-refractivity contribution is 5.85. The van der Waals surface area contributed by atoms with E-state index >= 15 is 0 Å². The van der Waals surface area contributed by atoms with Gasteiger partial charge in [-0.15, -0.1) is 0 Å². The van der Waals surface area contributed by atoms with E-state index in [0.29, 0.717) is 6.42 Å². The maximum absolute atomic E-state index is 12.6. The van der Waals surface area contributed by atoms with E-state index in [0.717, 1.165) is 24.2 Å². The number of ether oxygens (including phenoxy) is 1. The number of amides is 1. The molecule has 0 spiro atoms. The fourth-order valence-corrected chi connectivity index (χ4v) is 4.13. The molecule has 1 unspecified atom stereocenters. The zero-order chi connectivity index (χ0) is 20.4. The Morgan fingerprint density at radius 1 is 1.14 bits per heavy atom. The summed E-state index contributed by atoms with van der Waals surface area (Å²) in [6.07, 6.45) is 1.30. The molecule has 4 rings (SSSR count). The second-order valence-electron chi connectivity index (χ2n) is 8.69. The summed E-state index contributed by atoms with van der Waals surface area (Å²) in [5.41, 5.74) is 4.29. The van der Waals surface area contributed by atoms with Crippen LogP contribution in [0.1, 0.15) is 43.6 Å². The number of carbonyl (C=O) groups is 1. The summed E-state index contributed by atoms with van der Waals surface area (Å²) >= 11 is 0. The summed E-state index contributed by atoms with van der Waals surface area (Å²) in [5.74, 6) is 0. The van der Waals surface area contributed by atoms with Crippen LogP contribution in [-0.2, 0) is 17.6 Å². The number of aromatic amines is 1. The molecule has 152 valence electrons. The van der Waals surface area contributed by atoms with Crippen LogP contribution in [0.3, 0.4) is 0 Å². The Morgan fingerprint density at radius 3 is 2.62 bits per heavy atom. The topological polar surface area (TPSA) is 66.2 Å². The fraction of sp³-hybridized carbons (Fsp3) is 0.375. The molecule has 5 nitrogen and oxygen atoms in total.